The van der Waals surface area contributed by atoms with Crippen LogP contribution in [0.2, 0.25) is 0 Å². The Kier molecular flexibility index (Phi) is 3.54. The smallest absolute Gasteiger partial charge is 0.393 e. The predicted molar refractivity (Wildman–Crippen MR) is 31.8 cm³/mol. The molecule has 0 aliphatic carbocycles. The molecule has 0 rings (SSSR count). The van der Waals surface area contributed by atoms with Crippen molar-refractivity contribution in [2.75, 3.05) is 0 Å². The second-order valence-corrected chi connectivity index (χ2v) is 2.05. The van der Waals surface area contributed by atoms with Gasteiger partial charge in [-0.2, -0.15) is 18.4 Å². The number of carbonyl (C=O) groups excluding carboxylic acids is 1. The van der Waals surface area contributed by atoms with Crippen molar-refractivity contribution < 1.29 is 22.7 Å². The van der Waals surface area contributed by atoms with E-state index in [1.807, 2.05) is 0 Å². The predicted octanol–water partition coefficient (Wildman–Crippen LogP) is 1.39. The maximum atomic E-state index is 11.6. The van der Waals surface area contributed by atoms with E-state index in [9.17, 15) is 18.0 Å². The van der Waals surface area contributed by atoms with Crippen LogP contribution < -0.4 is 0 Å². The lowest BCUT2D eigenvalue weighted by molar-refractivity contribution is -0.164. The van der Waals surface area contributed by atoms with Gasteiger partial charge in [0.2, 0.25) is 0 Å². The zero-order chi connectivity index (χ0) is 9.78. The fourth-order valence-corrected chi connectivity index (χ4v) is 0.524. The maximum absolute atomic E-state index is 11.6. The van der Waals surface area contributed by atoms with Crippen LogP contribution in [0.1, 0.15) is 13.3 Å². The number of ether oxygens (including phenoxy) is 1. The summed E-state index contributed by atoms with van der Waals surface area (Å²) in [4.78, 5) is 10.2. The SMILES string of the molecule is CC(=O)O[C@H](C#N)CC(F)(F)F. The monoisotopic (exact) mass is 181 g/mol. The highest BCUT2D eigenvalue weighted by molar-refractivity contribution is 5.66. The standard InChI is InChI=1S/C6H6F3NO2/c1-4(11)12-5(3-10)2-6(7,8)9/h5H,2H2,1H3/t5-/m0/s1. The summed E-state index contributed by atoms with van der Waals surface area (Å²) in [5.41, 5.74) is 0. The van der Waals surface area contributed by atoms with E-state index in [0.717, 1.165) is 6.92 Å². The molecule has 3 nitrogen and oxygen atoms in total. The molecule has 0 radical (unpaired) electrons. The van der Waals surface area contributed by atoms with Gasteiger partial charge in [-0.25, -0.2) is 0 Å². The van der Waals surface area contributed by atoms with Crippen LogP contribution in [0.25, 0.3) is 0 Å². The van der Waals surface area contributed by atoms with Crippen molar-refractivity contribution in [3.8, 4) is 6.07 Å². The Morgan fingerprint density at radius 3 is 2.42 bits per heavy atom. The lowest BCUT2D eigenvalue weighted by Gasteiger charge is -2.10. The first-order chi connectivity index (χ1) is 5.35. The molecular formula is C6H6F3NO2. The van der Waals surface area contributed by atoms with Gasteiger partial charge in [0.1, 0.15) is 6.07 Å². The molecule has 0 saturated carbocycles. The zero-order valence-electron chi connectivity index (χ0n) is 6.18. The topological polar surface area (TPSA) is 50.1 Å². The summed E-state index contributed by atoms with van der Waals surface area (Å²) in [6.45, 7) is 0.945. The summed E-state index contributed by atoms with van der Waals surface area (Å²) in [6.07, 6.45) is -7.65. The van der Waals surface area contributed by atoms with Crippen molar-refractivity contribution in [1.82, 2.24) is 0 Å². The average molecular weight is 181 g/mol. The van der Waals surface area contributed by atoms with Gasteiger partial charge < -0.3 is 4.74 Å². The molecule has 6 heteroatoms. The maximum Gasteiger partial charge on any atom is 0.393 e. The van der Waals surface area contributed by atoms with Crippen LogP contribution in [0.3, 0.4) is 0 Å². The molecule has 0 N–H and O–H groups in total. The number of alkyl halides is 3. The lowest BCUT2D eigenvalue weighted by atomic mass is 10.3. The number of nitrogens with zero attached hydrogens (tertiary/aromatic N) is 1. The van der Waals surface area contributed by atoms with Gasteiger partial charge >= 0.3 is 12.1 Å². The van der Waals surface area contributed by atoms with E-state index in [1.165, 1.54) is 6.07 Å². The van der Waals surface area contributed by atoms with E-state index in [4.69, 9.17) is 5.26 Å². The average Bonchev–Trinajstić information content (AvgIpc) is 1.82. The van der Waals surface area contributed by atoms with Crippen LogP contribution in [0.5, 0.6) is 0 Å². The highest BCUT2D eigenvalue weighted by Crippen LogP contribution is 2.22. The van der Waals surface area contributed by atoms with Crippen molar-refractivity contribution in [3.05, 3.63) is 0 Å². The fraction of sp³-hybridized carbons (Fsp3) is 0.667. The molecule has 0 aromatic heterocycles. The molecule has 0 fully saturated rings. The van der Waals surface area contributed by atoms with E-state index in [1.54, 1.807) is 0 Å². The zero-order valence-corrected chi connectivity index (χ0v) is 6.18. The minimum atomic E-state index is -4.49. The molecule has 0 aromatic carbocycles. The molecule has 12 heavy (non-hydrogen) atoms. The van der Waals surface area contributed by atoms with Crippen LogP contribution in [0.4, 0.5) is 13.2 Å². The summed E-state index contributed by atoms with van der Waals surface area (Å²) >= 11 is 0. The minimum absolute atomic E-state index is 0.897. The summed E-state index contributed by atoms with van der Waals surface area (Å²) < 4.78 is 38.9. The Balaban J connectivity index is 4.03. The summed E-state index contributed by atoms with van der Waals surface area (Å²) in [5.74, 6) is -0.897. The van der Waals surface area contributed by atoms with Gasteiger partial charge in [0.15, 0.2) is 6.10 Å². The number of hydrogen-bond donors (Lipinski definition) is 0. The molecule has 68 valence electrons. The number of hydrogen-bond acceptors (Lipinski definition) is 3. The van der Waals surface area contributed by atoms with Crippen molar-refractivity contribution in [1.29, 1.82) is 5.26 Å². The minimum Gasteiger partial charge on any atom is -0.447 e. The van der Waals surface area contributed by atoms with Crippen molar-refractivity contribution in [3.63, 3.8) is 0 Å². The van der Waals surface area contributed by atoms with E-state index >= 15 is 0 Å². The third-order valence-electron chi connectivity index (χ3n) is 0.869. The molecule has 0 amide bonds. The quantitative estimate of drug-likeness (QED) is 0.605. The Morgan fingerprint density at radius 2 is 2.17 bits per heavy atom. The van der Waals surface area contributed by atoms with Gasteiger partial charge in [-0.1, -0.05) is 0 Å². The fourth-order valence-electron chi connectivity index (χ4n) is 0.524. The van der Waals surface area contributed by atoms with Crippen LogP contribution in [0.15, 0.2) is 0 Å². The number of esters is 1. The normalized spacial score (nSPS) is 13.2. The Bertz CT molecular complexity index is 206. The molecule has 0 unspecified atom stereocenters. The Labute approximate surface area is 66.7 Å². The first kappa shape index (κ1) is 10.8. The van der Waals surface area contributed by atoms with Crippen LogP contribution in [0, 0.1) is 11.3 Å². The van der Waals surface area contributed by atoms with E-state index in [2.05, 4.69) is 4.74 Å². The highest BCUT2D eigenvalue weighted by Gasteiger charge is 2.33. The van der Waals surface area contributed by atoms with Crippen LogP contribution in [-0.2, 0) is 9.53 Å². The molecular weight excluding hydrogens is 175 g/mol. The van der Waals surface area contributed by atoms with Crippen molar-refractivity contribution in [2.45, 2.75) is 25.6 Å². The molecule has 1 atom stereocenters. The number of carbonyl (C=O) groups is 1. The van der Waals surface area contributed by atoms with E-state index in [0.29, 0.717) is 0 Å². The Hall–Kier alpha value is -1.25. The second-order valence-electron chi connectivity index (χ2n) is 2.05. The first-order valence-corrected chi connectivity index (χ1v) is 2.98. The summed E-state index contributed by atoms with van der Waals surface area (Å²) in [7, 11) is 0. The van der Waals surface area contributed by atoms with E-state index in [-0.39, 0.29) is 0 Å². The number of nitriles is 1. The van der Waals surface area contributed by atoms with Crippen molar-refractivity contribution >= 4 is 5.97 Å². The molecule has 0 spiro atoms. The lowest BCUT2D eigenvalue weighted by Crippen LogP contribution is -2.22. The Morgan fingerprint density at radius 1 is 1.67 bits per heavy atom. The molecule has 0 aliphatic rings. The molecule has 0 aromatic rings. The van der Waals surface area contributed by atoms with Gasteiger partial charge in [0.25, 0.3) is 0 Å². The third-order valence-corrected chi connectivity index (χ3v) is 0.869. The third kappa shape index (κ3) is 5.53. The van der Waals surface area contributed by atoms with Gasteiger partial charge in [-0.15, -0.1) is 0 Å². The van der Waals surface area contributed by atoms with Gasteiger partial charge in [-0.3, -0.25) is 4.79 Å². The number of halogens is 3. The second kappa shape index (κ2) is 3.95. The van der Waals surface area contributed by atoms with E-state index < -0.39 is 24.7 Å². The first-order valence-electron chi connectivity index (χ1n) is 2.98. The van der Waals surface area contributed by atoms with Gasteiger partial charge in [-0.05, 0) is 0 Å². The van der Waals surface area contributed by atoms with Crippen LogP contribution >= 0.6 is 0 Å². The molecule has 0 bridgehead atoms. The summed E-state index contributed by atoms with van der Waals surface area (Å²) in [6, 6.07) is 1.23. The molecule has 0 saturated heterocycles. The number of rotatable bonds is 2. The van der Waals surface area contributed by atoms with Gasteiger partial charge in [0, 0.05) is 6.92 Å². The summed E-state index contributed by atoms with van der Waals surface area (Å²) in [5, 5.41) is 8.11. The van der Waals surface area contributed by atoms with Gasteiger partial charge in [0.05, 0.1) is 6.42 Å². The molecule has 0 aliphatic heterocycles. The largest absolute Gasteiger partial charge is 0.447 e. The van der Waals surface area contributed by atoms with Crippen LogP contribution in [-0.4, -0.2) is 18.2 Å². The highest BCUT2D eigenvalue weighted by atomic mass is 19.4. The molecule has 0 heterocycles. The van der Waals surface area contributed by atoms with Crippen molar-refractivity contribution in [2.24, 2.45) is 0 Å².